The van der Waals surface area contributed by atoms with E-state index < -0.39 is 0 Å². The van der Waals surface area contributed by atoms with Gasteiger partial charge in [-0.15, -0.1) is 0 Å². The predicted octanol–water partition coefficient (Wildman–Crippen LogP) is 2.66. The molecule has 6 heteroatoms. The summed E-state index contributed by atoms with van der Waals surface area (Å²) in [5, 5.41) is 0. The zero-order valence-corrected chi connectivity index (χ0v) is 15.3. The highest BCUT2D eigenvalue weighted by Gasteiger charge is 2.37. The van der Waals surface area contributed by atoms with Gasteiger partial charge in [-0.25, -0.2) is 0 Å². The van der Waals surface area contributed by atoms with Crippen LogP contribution < -0.4 is 14.4 Å². The summed E-state index contributed by atoms with van der Waals surface area (Å²) in [6, 6.07) is 5.61. The standard InChI is InChI=1S/C19H26N2O4/c1-12(2)7-13(3)20(4)19(23)14-8-18(22)21(10-14)15-5-6-16-17(9-15)25-11-24-16/h5-6,9,12-14H,7-8,10-11H2,1-4H3/t13-,14-/m0/s1. The Morgan fingerprint density at radius 2 is 2.00 bits per heavy atom. The molecule has 0 aromatic heterocycles. The van der Waals surface area contributed by atoms with Crippen molar-refractivity contribution in [2.45, 2.75) is 39.7 Å². The average molecular weight is 346 g/mol. The van der Waals surface area contributed by atoms with Crippen molar-refractivity contribution in [1.29, 1.82) is 0 Å². The molecular weight excluding hydrogens is 320 g/mol. The maximum Gasteiger partial charge on any atom is 0.231 e. The van der Waals surface area contributed by atoms with Crippen LogP contribution in [0.1, 0.15) is 33.6 Å². The van der Waals surface area contributed by atoms with Crippen LogP contribution in [0.4, 0.5) is 5.69 Å². The molecule has 2 heterocycles. The van der Waals surface area contributed by atoms with Gasteiger partial charge in [0.2, 0.25) is 18.6 Å². The number of amides is 2. The molecule has 2 aliphatic heterocycles. The van der Waals surface area contributed by atoms with Crippen LogP contribution in [0.25, 0.3) is 0 Å². The summed E-state index contributed by atoms with van der Waals surface area (Å²) in [6.45, 7) is 6.97. The third kappa shape index (κ3) is 3.57. The third-order valence-corrected chi connectivity index (χ3v) is 4.96. The van der Waals surface area contributed by atoms with E-state index in [0.29, 0.717) is 24.0 Å². The van der Waals surface area contributed by atoms with Gasteiger partial charge in [-0.1, -0.05) is 13.8 Å². The number of anilines is 1. The molecule has 0 unspecified atom stereocenters. The first-order chi connectivity index (χ1) is 11.9. The Morgan fingerprint density at radius 1 is 1.28 bits per heavy atom. The smallest absolute Gasteiger partial charge is 0.231 e. The summed E-state index contributed by atoms with van der Waals surface area (Å²) in [5.74, 6) is 1.58. The fourth-order valence-corrected chi connectivity index (χ4v) is 3.52. The Kier molecular flexibility index (Phi) is 4.88. The predicted molar refractivity (Wildman–Crippen MR) is 94.7 cm³/mol. The zero-order chi connectivity index (χ0) is 18.1. The molecule has 0 aliphatic carbocycles. The van der Waals surface area contributed by atoms with Gasteiger partial charge in [-0.3, -0.25) is 9.59 Å². The van der Waals surface area contributed by atoms with Gasteiger partial charge in [0, 0.05) is 37.8 Å². The zero-order valence-electron chi connectivity index (χ0n) is 15.3. The van der Waals surface area contributed by atoms with Crippen LogP contribution in [0.5, 0.6) is 11.5 Å². The second-order valence-electron chi connectivity index (χ2n) is 7.37. The van der Waals surface area contributed by atoms with E-state index in [1.807, 2.05) is 13.1 Å². The van der Waals surface area contributed by atoms with Crippen LogP contribution in [0.3, 0.4) is 0 Å². The van der Waals surface area contributed by atoms with Crippen molar-refractivity contribution < 1.29 is 19.1 Å². The molecule has 0 bridgehead atoms. The van der Waals surface area contributed by atoms with Crippen molar-refractivity contribution >= 4 is 17.5 Å². The molecule has 2 atom stereocenters. The van der Waals surface area contributed by atoms with E-state index in [1.54, 1.807) is 21.9 Å². The highest BCUT2D eigenvalue weighted by Crippen LogP contribution is 2.37. The monoisotopic (exact) mass is 346 g/mol. The van der Waals surface area contributed by atoms with Gasteiger partial charge in [0.15, 0.2) is 11.5 Å². The summed E-state index contributed by atoms with van der Waals surface area (Å²) in [5.41, 5.74) is 0.752. The normalized spacial score (nSPS) is 20.3. The van der Waals surface area contributed by atoms with Crippen LogP contribution in [0.15, 0.2) is 18.2 Å². The summed E-state index contributed by atoms with van der Waals surface area (Å²) in [7, 11) is 1.84. The number of rotatable bonds is 5. The van der Waals surface area contributed by atoms with Gasteiger partial charge >= 0.3 is 0 Å². The lowest BCUT2D eigenvalue weighted by atomic mass is 10.0. The van der Waals surface area contributed by atoms with Gasteiger partial charge in [-0.2, -0.15) is 0 Å². The van der Waals surface area contributed by atoms with Crippen molar-refractivity contribution in [2.75, 3.05) is 25.3 Å². The minimum absolute atomic E-state index is 0.0258. The van der Waals surface area contributed by atoms with Crippen molar-refractivity contribution in [3.05, 3.63) is 18.2 Å². The number of fused-ring (bicyclic) bond motifs is 1. The molecule has 2 amide bonds. The summed E-state index contributed by atoms with van der Waals surface area (Å²) < 4.78 is 10.7. The van der Waals surface area contributed by atoms with Crippen LogP contribution in [0.2, 0.25) is 0 Å². The minimum Gasteiger partial charge on any atom is -0.454 e. The van der Waals surface area contributed by atoms with Gasteiger partial charge in [-0.05, 0) is 31.4 Å². The molecule has 0 N–H and O–H groups in total. The average Bonchev–Trinajstić information content (AvgIpc) is 3.18. The van der Waals surface area contributed by atoms with Crippen molar-refractivity contribution in [3.63, 3.8) is 0 Å². The molecule has 0 radical (unpaired) electrons. The number of nitrogens with zero attached hydrogens (tertiary/aromatic N) is 2. The van der Waals surface area contributed by atoms with E-state index in [9.17, 15) is 9.59 Å². The number of carbonyl (C=O) groups is 2. The van der Waals surface area contributed by atoms with E-state index in [4.69, 9.17) is 9.47 Å². The largest absolute Gasteiger partial charge is 0.454 e. The Morgan fingerprint density at radius 3 is 2.72 bits per heavy atom. The second kappa shape index (κ2) is 6.94. The number of hydrogen-bond donors (Lipinski definition) is 0. The maximum absolute atomic E-state index is 12.8. The van der Waals surface area contributed by atoms with Crippen molar-refractivity contribution in [1.82, 2.24) is 4.90 Å². The Labute approximate surface area is 148 Å². The lowest BCUT2D eigenvalue weighted by molar-refractivity contribution is -0.136. The van der Waals surface area contributed by atoms with Crippen LogP contribution in [-0.2, 0) is 9.59 Å². The quantitative estimate of drug-likeness (QED) is 0.822. The van der Waals surface area contributed by atoms with Gasteiger partial charge < -0.3 is 19.3 Å². The molecule has 1 fully saturated rings. The Hall–Kier alpha value is -2.24. The number of benzene rings is 1. The molecule has 2 aliphatic rings. The molecule has 1 saturated heterocycles. The van der Waals surface area contributed by atoms with Gasteiger partial charge in [0.1, 0.15) is 0 Å². The fraction of sp³-hybridized carbons (Fsp3) is 0.579. The number of carbonyl (C=O) groups excluding carboxylic acids is 2. The highest BCUT2D eigenvalue weighted by molar-refractivity contribution is 6.00. The molecule has 3 rings (SSSR count). The first kappa shape index (κ1) is 17.6. The summed E-state index contributed by atoms with van der Waals surface area (Å²) in [4.78, 5) is 28.7. The Balaban J connectivity index is 1.69. The van der Waals surface area contributed by atoms with E-state index in [-0.39, 0.29) is 37.0 Å². The number of ether oxygens (including phenoxy) is 2. The number of hydrogen-bond acceptors (Lipinski definition) is 4. The summed E-state index contributed by atoms with van der Waals surface area (Å²) in [6.07, 6.45) is 1.21. The maximum atomic E-state index is 12.8. The third-order valence-electron chi connectivity index (χ3n) is 4.96. The SMILES string of the molecule is CC(C)C[C@H](C)N(C)C(=O)[C@H]1CC(=O)N(c2ccc3c(c2)OCO3)C1. The molecular formula is C19H26N2O4. The molecule has 0 saturated carbocycles. The minimum atomic E-state index is -0.294. The fourth-order valence-electron chi connectivity index (χ4n) is 3.52. The first-order valence-electron chi connectivity index (χ1n) is 8.83. The topological polar surface area (TPSA) is 59.1 Å². The van der Waals surface area contributed by atoms with E-state index in [2.05, 4.69) is 20.8 Å². The molecule has 1 aromatic rings. The lowest BCUT2D eigenvalue weighted by Crippen LogP contribution is -2.40. The second-order valence-corrected chi connectivity index (χ2v) is 7.37. The molecule has 6 nitrogen and oxygen atoms in total. The van der Waals surface area contributed by atoms with Gasteiger partial charge in [0.25, 0.3) is 0 Å². The highest BCUT2D eigenvalue weighted by atomic mass is 16.7. The van der Waals surface area contributed by atoms with E-state index in [1.165, 1.54) is 0 Å². The van der Waals surface area contributed by atoms with Crippen LogP contribution in [0, 0.1) is 11.8 Å². The molecule has 0 spiro atoms. The van der Waals surface area contributed by atoms with Crippen molar-refractivity contribution in [2.24, 2.45) is 11.8 Å². The van der Waals surface area contributed by atoms with Crippen molar-refractivity contribution in [3.8, 4) is 11.5 Å². The van der Waals surface area contributed by atoms with Gasteiger partial charge in [0.05, 0.1) is 5.92 Å². The van der Waals surface area contributed by atoms with Crippen LogP contribution >= 0.6 is 0 Å². The molecule has 136 valence electrons. The van der Waals surface area contributed by atoms with E-state index in [0.717, 1.165) is 12.1 Å². The Bertz CT molecular complexity index is 673. The summed E-state index contributed by atoms with van der Waals surface area (Å²) >= 11 is 0. The van der Waals surface area contributed by atoms with E-state index >= 15 is 0 Å². The molecule has 1 aromatic carbocycles. The first-order valence-corrected chi connectivity index (χ1v) is 8.83. The lowest BCUT2D eigenvalue weighted by Gasteiger charge is -2.28. The van der Waals surface area contributed by atoms with Crippen LogP contribution in [-0.4, -0.2) is 43.1 Å². The molecule has 25 heavy (non-hydrogen) atoms.